The van der Waals surface area contributed by atoms with Crippen LogP contribution in [0.5, 0.6) is 5.75 Å². The topological polar surface area (TPSA) is 76.5 Å². The zero-order valence-corrected chi connectivity index (χ0v) is 16.9. The number of carbonyl (C=O) groups excluding carboxylic acids is 2. The molecule has 0 saturated carbocycles. The van der Waals surface area contributed by atoms with Crippen LogP contribution in [0.4, 0.5) is 5.82 Å². The van der Waals surface area contributed by atoms with Crippen LogP contribution in [0.2, 0.25) is 0 Å². The molecule has 0 radical (unpaired) electrons. The smallest absolute Gasteiger partial charge is 0.243 e. The summed E-state index contributed by atoms with van der Waals surface area (Å²) in [4.78, 5) is 27.0. The summed E-state index contributed by atoms with van der Waals surface area (Å²) in [6.07, 6.45) is 1.01. The number of anilines is 1. The molecular formula is C21H28N4O3. The summed E-state index contributed by atoms with van der Waals surface area (Å²) in [5.41, 5.74) is 1.82. The number of aryl methyl sites for hydroxylation is 2. The minimum Gasteiger partial charge on any atom is -0.491 e. The molecule has 0 fully saturated rings. The second-order valence-corrected chi connectivity index (χ2v) is 7.33. The number of benzene rings is 1. The molecule has 1 N–H and O–H groups in total. The van der Waals surface area contributed by atoms with Gasteiger partial charge in [0.25, 0.3) is 0 Å². The lowest BCUT2D eigenvalue weighted by Gasteiger charge is -2.33. The van der Waals surface area contributed by atoms with E-state index in [9.17, 15) is 9.59 Å². The first-order valence-electron chi connectivity index (χ1n) is 9.79. The maximum Gasteiger partial charge on any atom is 0.243 e. The molecule has 0 spiro atoms. The number of aromatic nitrogens is 2. The Morgan fingerprint density at radius 3 is 2.64 bits per heavy atom. The van der Waals surface area contributed by atoms with Crippen LogP contribution in [-0.2, 0) is 22.7 Å². The number of amides is 2. The van der Waals surface area contributed by atoms with E-state index in [1.807, 2.05) is 58.0 Å². The number of rotatable bonds is 7. The number of ether oxygens (including phenoxy) is 1. The Hall–Kier alpha value is -2.83. The number of hydrogen-bond acceptors (Lipinski definition) is 4. The fourth-order valence-electron chi connectivity index (χ4n) is 3.42. The summed E-state index contributed by atoms with van der Waals surface area (Å²) < 4.78 is 7.44. The molecule has 1 aromatic heterocycles. The van der Waals surface area contributed by atoms with Gasteiger partial charge in [-0.1, -0.05) is 19.1 Å². The molecule has 2 heterocycles. The van der Waals surface area contributed by atoms with Crippen molar-refractivity contribution < 1.29 is 14.3 Å². The third-order valence-electron chi connectivity index (χ3n) is 4.70. The predicted molar refractivity (Wildman–Crippen MR) is 107 cm³/mol. The van der Waals surface area contributed by atoms with Crippen LogP contribution in [0.3, 0.4) is 0 Å². The Balaban J connectivity index is 1.68. The number of fused-ring (bicyclic) bond motifs is 1. The van der Waals surface area contributed by atoms with Crippen molar-refractivity contribution in [2.24, 2.45) is 0 Å². The zero-order chi connectivity index (χ0) is 20.3. The van der Waals surface area contributed by atoms with Gasteiger partial charge in [0.05, 0.1) is 18.3 Å². The second kappa shape index (κ2) is 8.46. The van der Waals surface area contributed by atoms with Crippen molar-refractivity contribution in [1.82, 2.24) is 15.1 Å². The van der Waals surface area contributed by atoms with Gasteiger partial charge in [0.15, 0.2) is 0 Å². The zero-order valence-electron chi connectivity index (χ0n) is 16.9. The van der Waals surface area contributed by atoms with Crippen molar-refractivity contribution in [3.8, 4) is 5.75 Å². The largest absolute Gasteiger partial charge is 0.491 e. The summed E-state index contributed by atoms with van der Waals surface area (Å²) in [5, 5.41) is 7.38. The molecule has 7 heteroatoms. The van der Waals surface area contributed by atoms with Crippen LogP contribution in [0.25, 0.3) is 0 Å². The SMILES string of the molecule is CC[C@H](C(=O)NCc1ccc(OC(C)C)cc1)N1C(=O)CCn2nc(C)cc21. The highest BCUT2D eigenvalue weighted by Crippen LogP contribution is 2.26. The van der Waals surface area contributed by atoms with Crippen LogP contribution in [0, 0.1) is 6.92 Å². The predicted octanol–water partition coefficient (Wildman–Crippen LogP) is 2.81. The van der Waals surface area contributed by atoms with Crippen LogP contribution in [-0.4, -0.2) is 33.7 Å². The van der Waals surface area contributed by atoms with E-state index >= 15 is 0 Å². The van der Waals surface area contributed by atoms with Gasteiger partial charge in [0.1, 0.15) is 17.6 Å². The van der Waals surface area contributed by atoms with Crippen molar-refractivity contribution in [1.29, 1.82) is 0 Å². The minimum atomic E-state index is -0.550. The van der Waals surface area contributed by atoms with Crippen LogP contribution in [0.15, 0.2) is 30.3 Å². The normalized spacial score (nSPS) is 14.8. The van der Waals surface area contributed by atoms with Crippen molar-refractivity contribution in [3.05, 3.63) is 41.6 Å². The third-order valence-corrected chi connectivity index (χ3v) is 4.70. The molecule has 1 atom stereocenters. The van der Waals surface area contributed by atoms with Gasteiger partial charge in [-0.3, -0.25) is 14.5 Å². The molecule has 1 aliphatic rings. The molecule has 1 aromatic carbocycles. The number of nitrogens with one attached hydrogen (secondary N) is 1. The summed E-state index contributed by atoms with van der Waals surface area (Å²) in [5.74, 6) is 1.31. The first-order valence-corrected chi connectivity index (χ1v) is 9.79. The monoisotopic (exact) mass is 384 g/mol. The fraction of sp³-hybridized carbons (Fsp3) is 0.476. The fourth-order valence-corrected chi connectivity index (χ4v) is 3.42. The van der Waals surface area contributed by atoms with Crippen molar-refractivity contribution in [2.75, 3.05) is 4.90 Å². The summed E-state index contributed by atoms with van der Waals surface area (Å²) >= 11 is 0. The van der Waals surface area contributed by atoms with E-state index in [0.717, 1.165) is 17.0 Å². The molecule has 2 amide bonds. The third kappa shape index (κ3) is 4.35. The standard InChI is InChI=1S/C21H28N4O3/c1-5-18(25-19-12-15(4)23-24(19)11-10-20(25)26)21(27)22-13-16-6-8-17(9-7-16)28-14(2)3/h6-9,12,14,18H,5,10-11,13H2,1-4H3,(H,22,27)/t18-/m1/s1. The molecule has 7 nitrogen and oxygen atoms in total. The molecule has 2 aromatic rings. The highest BCUT2D eigenvalue weighted by atomic mass is 16.5. The second-order valence-electron chi connectivity index (χ2n) is 7.33. The Morgan fingerprint density at radius 2 is 2.00 bits per heavy atom. The van der Waals surface area contributed by atoms with E-state index in [1.165, 1.54) is 0 Å². The van der Waals surface area contributed by atoms with Gasteiger partial charge >= 0.3 is 0 Å². The molecule has 28 heavy (non-hydrogen) atoms. The quantitative estimate of drug-likeness (QED) is 0.796. The molecule has 0 aliphatic carbocycles. The molecule has 3 rings (SSSR count). The van der Waals surface area contributed by atoms with E-state index < -0.39 is 6.04 Å². The minimum absolute atomic E-state index is 0.0374. The summed E-state index contributed by atoms with van der Waals surface area (Å²) in [6.45, 7) is 8.72. The van der Waals surface area contributed by atoms with Gasteiger partial charge in [-0.15, -0.1) is 0 Å². The first kappa shape index (κ1) is 19.9. The van der Waals surface area contributed by atoms with E-state index in [1.54, 1.807) is 9.58 Å². The van der Waals surface area contributed by atoms with E-state index in [0.29, 0.717) is 31.7 Å². The Morgan fingerprint density at radius 1 is 1.29 bits per heavy atom. The first-order chi connectivity index (χ1) is 13.4. The Labute approximate surface area is 165 Å². The molecular weight excluding hydrogens is 356 g/mol. The van der Waals surface area contributed by atoms with Gasteiger partial charge in [-0.25, -0.2) is 4.68 Å². The van der Waals surface area contributed by atoms with Gasteiger partial charge in [0, 0.05) is 19.0 Å². The molecule has 0 bridgehead atoms. The van der Waals surface area contributed by atoms with E-state index in [2.05, 4.69) is 10.4 Å². The highest BCUT2D eigenvalue weighted by molar-refractivity contribution is 6.00. The average Bonchev–Trinajstić information content (AvgIpc) is 3.03. The lowest BCUT2D eigenvalue weighted by Crippen LogP contribution is -2.52. The molecule has 0 saturated heterocycles. The number of nitrogens with zero attached hydrogens (tertiary/aromatic N) is 3. The van der Waals surface area contributed by atoms with Crippen molar-refractivity contribution >= 4 is 17.6 Å². The maximum absolute atomic E-state index is 12.9. The van der Waals surface area contributed by atoms with E-state index in [-0.39, 0.29) is 17.9 Å². The summed E-state index contributed by atoms with van der Waals surface area (Å²) in [7, 11) is 0. The van der Waals surface area contributed by atoms with Gasteiger partial charge < -0.3 is 10.1 Å². The molecule has 150 valence electrons. The molecule has 0 unspecified atom stereocenters. The van der Waals surface area contributed by atoms with Crippen molar-refractivity contribution in [2.45, 2.75) is 65.8 Å². The number of carbonyl (C=O) groups is 2. The lowest BCUT2D eigenvalue weighted by molar-refractivity contribution is -0.127. The highest BCUT2D eigenvalue weighted by Gasteiger charge is 2.34. The van der Waals surface area contributed by atoms with Gasteiger partial charge in [-0.05, 0) is 44.9 Å². The number of hydrogen-bond donors (Lipinski definition) is 1. The average molecular weight is 384 g/mol. The van der Waals surface area contributed by atoms with Gasteiger partial charge in [-0.2, -0.15) is 5.10 Å². The van der Waals surface area contributed by atoms with Crippen molar-refractivity contribution in [3.63, 3.8) is 0 Å². The Bertz CT molecular complexity index is 842. The van der Waals surface area contributed by atoms with Crippen LogP contribution in [0.1, 0.15) is 44.9 Å². The maximum atomic E-state index is 12.9. The summed E-state index contributed by atoms with van der Waals surface area (Å²) in [6, 6.07) is 8.97. The Kier molecular flexibility index (Phi) is 6.02. The van der Waals surface area contributed by atoms with E-state index in [4.69, 9.17) is 4.74 Å². The van der Waals surface area contributed by atoms with Crippen LogP contribution >= 0.6 is 0 Å². The lowest BCUT2D eigenvalue weighted by atomic mass is 10.1. The van der Waals surface area contributed by atoms with Gasteiger partial charge in [0.2, 0.25) is 11.8 Å². The van der Waals surface area contributed by atoms with Crippen LogP contribution < -0.4 is 15.0 Å². The molecule has 1 aliphatic heterocycles.